The average molecular weight is 521 g/mol. The van der Waals surface area contributed by atoms with Crippen LogP contribution in [0.5, 0.6) is 5.75 Å². The predicted octanol–water partition coefficient (Wildman–Crippen LogP) is 1.20. The van der Waals surface area contributed by atoms with Crippen molar-refractivity contribution in [1.29, 1.82) is 0 Å². The van der Waals surface area contributed by atoms with Gasteiger partial charge < -0.3 is 25.5 Å². The highest BCUT2D eigenvalue weighted by Crippen LogP contribution is 2.29. The average Bonchev–Trinajstić information content (AvgIpc) is 3.37. The van der Waals surface area contributed by atoms with Crippen LogP contribution in [0.3, 0.4) is 0 Å². The van der Waals surface area contributed by atoms with Gasteiger partial charge in [0.05, 0.1) is 18.7 Å². The Labute approximate surface area is 220 Å². The Morgan fingerprint density at radius 3 is 2.63 bits per heavy atom. The molecule has 2 aromatic rings. The third kappa shape index (κ3) is 4.81. The number of likely N-dealkylation sites (tertiary alicyclic amines) is 1. The molecular formula is C27H32N6O5. The second kappa shape index (κ2) is 10.1. The number of benzene rings is 1. The van der Waals surface area contributed by atoms with E-state index in [0.717, 1.165) is 43.5 Å². The number of aromatic nitrogens is 1. The van der Waals surface area contributed by atoms with Gasteiger partial charge in [0, 0.05) is 18.2 Å². The van der Waals surface area contributed by atoms with Gasteiger partial charge in [0.15, 0.2) is 11.3 Å². The van der Waals surface area contributed by atoms with Crippen LogP contribution in [0, 0.1) is 0 Å². The van der Waals surface area contributed by atoms with Crippen LogP contribution >= 0.6 is 0 Å². The molecule has 0 bridgehead atoms. The number of pyridine rings is 1. The smallest absolute Gasteiger partial charge is 0.322 e. The number of nitrogens with one attached hydrogen (secondary N) is 3. The van der Waals surface area contributed by atoms with Gasteiger partial charge in [-0.1, -0.05) is 19.1 Å². The van der Waals surface area contributed by atoms with Crippen molar-refractivity contribution in [2.75, 3.05) is 32.0 Å². The van der Waals surface area contributed by atoms with Crippen molar-refractivity contribution >= 4 is 29.4 Å². The maximum Gasteiger partial charge on any atom is 0.322 e. The van der Waals surface area contributed by atoms with Gasteiger partial charge in [-0.2, -0.15) is 0 Å². The number of hydrogen-bond acceptors (Lipinski definition) is 8. The molecule has 11 heteroatoms. The zero-order valence-corrected chi connectivity index (χ0v) is 21.5. The number of nitrogens with zero attached hydrogens (tertiary/aromatic N) is 3. The van der Waals surface area contributed by atoms with Crippen molar-refractivity contribution in [3.05, 3.63) is 52.7 Å². The fourth-order valence-electron chi connectivity index (χ4n) is 5.30. The number of Topliss-reactive ketones (excluding diaryl/α,β-unsaturated/α-hetero) is 1. The highest BCUT2D eigenvalue weighted by atomic mass is 16.3. The minimum atomic E-state index is -1.99. The lowest BCUT2D eigenvalue weighted by atomic mass is 9.90. The summed E-state index contributed by atoms with van der Waals surface area (Å²) in [6.07, 6.45) is 2.24. The van der Waals surface area contributed by atoms with Gasteiger partial charge in [-0.3, -0.25) is 19.7 Å². The monoisotopic (exact) mass is 520 g/mol. The van der Waals surface area contributed by atoms with Crippen molar-refractivity contribution in [2.24, 2.45) is 0 Å². The molecule has 4 amide bonds. The Balaban J connectivity index is 1.36. The van der Waals surface area contributed by atoms with E-state index in [4.69, 9.17) is 0 Å². The van der Waals surface area contributed by atoms with Crippen LogP contribution < -0.4 is 16.0 Å². The summed E-state index contributed by atoms with van der Waals surface area (Å²) < 4.78 is 0. The van der Waals surface area contributed by atoms with Gasteiger partial charge in [0.25, 0.3) is 11.8 Å². The minimum absolute atomic E-state index is 0.0878. The topological polar surface area (TPSA) is 144 Å². The largest absolute Gasteiger partial charge is 0.506 e. The first-order valence-corrected chi connectivity index (χ1v) is 12.9. The number of amides is 4. The zero-order chi connectivity index (χ0) is 27.0. The van der Waals surface area contributed by atoms with E-state index in [0.29, 0.717) is 11.4 Å². The van der Waals surface area contributed by atoms with E-state index in [-0.39, 0.29) is 36.5 Å². The van der Waals surface area contributed by atoms with Gasteiger partial charge in [-0.25, -0.2) is 9.78 Å². The number of fused-ring (bicyclic) bond motifs is 1. The van der Waals surface area contributed by atoms with Crippen LogP contribution in [-0.2, 0) is 29.0 Å². The highest BCUT2D eigenvalue weighted by Gasteiger charge is 2.54. The van der Waals surface area contributed by atoms with Crippen LogP contribution in [0.1, 0.15) is 46.9 Å². The van der Waals surface area contributed by atoms with E-state index < -0.39 is 29.7 Å². The summed E-state index contributed by atoms with van der Waals surface area (Å²) in [5.74, 6) is -1.47. The van der Waals surface area contributed by atoms with E-state index in [2.05, 4.69) is 32.9 Å². The summed E-state index contributed by atoms with van der Waals surface area (Å²) in [6.45, 7) is 3.80. The maximum atomic E-state index is 13.7. The Morgan fingerprint density at radius 2 is 1.95 bits per heavy atom. The summed E-state index contributed by atoms with van der Waals surface area (Å²) in [7, 11) is 2.07. The molecule has 0 radical (unpaired) electrons. The van der Waals surface area contributed by atoms with Gasteiger partial charge >= 0.3 is 6.03 Å². The summed E-state index contributed by atoms with van der Waals surface area (Å²) >= 11 is 0. The van der Waals surface area contributed by atoms with Crippen molar-refractivity contribution < 1.29 is 24.3 Å². The minimum Gasteiger partial charge on any atom is -0.506 e. The number of hydrogen-bond donors (Lipinski definition) is 4. The molecule has 38 heavy (non-hydrogen) atoms. The number of rotatable bonds is 8. The molecule has 4 heterocycles. The van der Waals surface area contributed by atoms with Crippen molar-refractivity contribution in [1.82, 2.24) is 25.4 Å². The van der Waals surface area contributed by atoms with Crippen LogP contribution in [0.15, 0.2) is 30.3 Å². The van der Waals surface area contributed by atoms with Gasteiger partial charge in [0.2, 0.25) is 0 Å². The first-order valence-electron chi connectivity index (χ1n) is 12.9. The molecule has 0 unspecified atom stereocenters. The van der Waals surface area contributed by atoms with Crippen molar-refractivity contribution in [3.8, 4) is 5.75 Å². The Kier molecular flexibility index (Phi) is 6.78. The second-order valence-corrected chi connectivity index (χ2v) is 10.3. The highest BCUT2D eigenvalue weighted by molar-refractivity contribution is 6.21. The number of urea groups is 1. The van der Waals surface area contributed by atoms with Gasteiger partial charge in [-0.15, -0.1) is 0 Å². The molecule has 11 nitrogen and oxygen atoms in total. The van der Waals surface area contributed by atoms with Crippen LogP contribution in [0.25, 0.3) is 0 Å². The first kappa shape index (κ1) is 25.7. The second-order valence-electron chi connectivity index (χ2n) is 10.3. The fourth-order valence-corrected chi connectivity index (χ4v) is 5.30. The molecule has 0 saturated carbocycles. The summed E-state index contributed by atoms with van der Waals surface area (Å²) in [4.78, 5) is 60.1. The third-order valence-electron chi connectivity index (χ3n) is 7.66. The van der Waals surface area contributed by atoms with E-state index >= 15 is 0 Å². The number of aryl methyl sites for hydroxylation is 1. The number of piperidine rings is 1. The maximum absolute atomic E-state index is 13.7. The molecule has 3 aliphatic heterocycles. The van der Waals surface area contributed by atoms with Crippen LogP contribution in [0.4, 0.5) is 10.6 Å². The number of carbonyl (C=O) groups excluding carboxylic acids is 4. The van der Waals surface area contributed by atoms with E-state index in [1.807, 2.05) is 25.1 Å². The molecule has 1 aromatic heterocycles. The molecule has 4 N–H and O–H groups in total. The normalized spacial score (nSPS) is 21.8. The predicted molar refractivity (Wildman–Crippen MR) is 139 cm³/mol. The number of aromatic hydroxyl groups is 1. The number of carbonyl (C=O) groups is 4. The summed E-state index contributed by atoms with van der Waals surface area (Å²) in [6, 6.07) is 8.15. The lowest BCUT2D eigenvalue weighted by molar-refractivity contribution is -0.135. The Morgan fingerprint density at radius 1 is 1.18 bits per heavy atom. The van der Waals surface area contributed by atoms with Crippen molar-refractivity contribution in [3.63, 3.8) is 0 Å². The Bertz CT molecular complexity index is 1300. The standard InChI is InChI=1S/C27H32N6O5/c1-3-16-4-5-17-14-33(24(36)19(17)12-16)15-27(25(37)30-26(38)31-27)22(35)13-20-21(34)6-7-23(29-20)28-18-8-10-32(2)11-9-18/h4-7,12,18,34H,3,8-11,13-15H2,1-2H3,(H,28,29)(H2,30,31,37,38)/t27-/m0/s1. The molecule has 0 aliphatic carbocycles. The lowest BCUT2D eigenvalue weighted by Gasteiger charge is -2.30. The summed E-state index contributed by atoms with van der Waals surface area (Å²) in [5.41, 5.74) is 0.431. The van der Waals surface area contributed by atoms with E-state index in [1.54, 1.807) is 6.07 Å². The molecule has 1 atom stereocenters. The lowest BCUT2D eigenvalue weighted by Crippen LogP contribution is -2.61. The zero-order valence-electron chi connectivity index (χ0n) is 21.5. The van der Waals surface area contributed by atoms with Crippen molar-refractivity contribution in [2.45, 2.75) is 50.7 Å². The van der Waals surface area contributed by atoms with E-state index in [9.17, 15) is 24.3 Å². The molecule has 2 fully saturated rings. The summed E-state index contributed by atoms with van der Waals surface area (Å²) in [5, 5.41) is 18.4. The van der Waals surface area contributed by atoms with Crippen LogP contribution in [0.2, 0.25) is 0 Å². The molecule has 5 rings (SSSR count). The molecule has 3 aliphatic rings. The number of ketones is 1. The molecule has 1 aromatic carbocycles. The van der Waals surface area contributed by atoms with E-state index in [1.165, 1.54) is 11.0 Å². The van der Waals surface area contributed by atoms with Crippen LogP contribution in [-0.4, -0.2) is 81.8 Å². The third-order valence-corrected chi connectivity index (χ3v) is 7.66. The first-order chi connectivity index (χ1) is 18.2. The van der Waals surface area contributed by atoms with Gasteiger partial charge in [-0.05, 0) is 68.7 Å². The molecule has 0 spiro atoms. The SMILES string of the molecule is CCc1ccc2c(c1)C(=O)N(C[C@@]1(C(=O)Cc3nc(NC4CCN(C)CC4)ccc3O)NC(=O)NC1=O)C2. The number of imide groups is 1. The molecule has 2 saturated heterocycles. The number of anilines is 1. The molecule has 200 valence electrons. The quantitative estimate of drug-likeness (QED) is 0.300. The van der Waals surface area contributed by atoms with Gasteiger partial charge in [0.1, 0.15) is 11.6 Å². The Hall–Kier alpha value is -3.99. The molecular weight excluding hydrogens is 488 g/mol. The fraction of sp³-hybridized carbons (Fsp3) is 0.444.